The van der Waals surface area contributed by atoms with Crippen molar-refractivity contribution in [2.24, 2.45) is 52.3 Å². The smallest absolute Gasteiger partial charge is 0.0815 e. The zero-order valence-electron chi connectivity index (χ0n) is 22.6. The Labute approximate surface area is 210 Å². The predicted molar refractivity (Wildman–Crippen MR) is 143 cm³/mol. The third-order valence-corrected chi connectivity index (χ3v) is 12.3. The fraction of sp³-hybridized carbons (Fsp3) is 0.818. The van der Waals surface area contributed by atoms with E-state index < -0.39 is 0 Å². The Morgan fingerprint density at radius 1 is 0.824 bits per heavy atom. The van der Waals surface area contributed by atoms with Gasteiger partial charge in [-0.05, 0) is 116 Å². The zero-order chi connectivity index (χ0) is 23.9. The third-order valence-electron chi connectivity index (χ3n) is 12.3. The van der Waals surface area contributed by atoms with Crippen molar-refractivity contribution >= 4 is 0 Å². The molecule has 1 heteroatoms. The molecule has 10 atom stereocenters. The third kappa shape index (κ3) is 4.31. The molecule has 4 fully saturated rings. The number of fused-ring (bicyclic) bond motifs is 5. The molecule has 3 unspecified atom stereocenters. The first kappa shape index (κ1) is 24.9. The molecular weight excluding hydrogens is 412 g/mol. The van der Waals surface area contributed by atoms with Crippen molar-refractivity contribution in [1.29, 1.82) is 0 Å². The Kier molecular flexibility index (Phi) is 7.25. The molecule has 0 heterocycles. The minimum Gasteiger partial charge on any atom is -0.388 e. The van der Waals surface area contributed by atoms with Gasteiger partial charge in [-0.3, -0.25) is 0 Å². The van der Waals surface area contributed by atoms with Crippen LogP contribution in [0, 0.1) is 52.3 Å². The maximum absolute atomic E-state index is 10.8. The lowest BCUT2D eigenvalue weighted by molar-refractivity contribution is -0.114. The van der Waals surface area contributed by atoms with E-state index in [1.807, 2.05) is 18.2 Å². The summed E-state index contributed by atoms with van der Waals surface area (Å²) in [6.45, 7) is 10.2. The van der Waals surface area contributed by atoms with Gasteiger partial charge in [0.05, 0.1) is 6.10 Å². The zero-order valence-corrected chi connectivity index (χ0v) is 22.6. The topological polar surface area (TPSA) is 20.2 Å². The maximum atomic E-state index is 10.8. The van der Waals surface area contributed by atoms with Gasteiger partial charge in [-0.1, -0.05) is 83.7 Å². The minimum atomic E-state index is -0.323. The summed E-state index contributed by atoms with van der Waals surface area (Å²) in [5.74, 6) is 6.17. The van der Waals surface area contributed by atoms with Crippen LogP contribution in [0.5, 0.6) is 0 Å². The molecule has 0 radical (unpaired) electrons. The molecule has 0 spiro atoms. The molecule has 0 aromatic heterocycles. The van der Waals surface area contributed by atoms with E-state index >= 15 is 0 Å². The summed E-state index contributed by atoms with van der Waals surface area (Å²) >= 11 is 0. The Balaban J connectivity index is 1.18. The first-order chi connectivity index (χ1) is 16.3. The number of hydrogen-bond acceptors (Lipinski definition) is 1. The normalized spacial score (nSPS) is 42.2. The Morgan fingerprint density at radius 3 is 2.38 bits per heavy atom. The van der Waals surface area contributed by atoms with Crippen LogP contribution < -0.4 is 0 Å². The summed E-state index contributed by atoms with van der Waals surface area (Å²) in [4.78, 5) is 0. The van der Waals surface area contributed by atoms with Crippen LogP contribution >= 0.6 is 0 Å². The van der Waals surface area contributed by atoms with Crippen LogP contribution in [0.25, 0.3) is 0 Å². The molecule has 5 rings (SSSR count). The number of rotatable bonds is 7. The first-order valence-corrected chi connectivity index (χ1v) is 15.1. The minimum absolute atomic E-state index is 0.323. The molecule has 4 aliphatic rings. The lowest BCUT2D eigenvalue weighted by atomic mass is 9.44. The molecule has 4 saturated carbocycles. The summed E-state index contributed by atoms with van der Waals surface area (Å²) in [7, 11) is 0. The van der Waals surface area contributed by atoms with Gasteiger partial charge in [0.1, 0.15) is 0 Å². The monoisotopic (exact) mass is 464 g/mol. The summed E-state index contributed by atoms with van der Waals surface area (Å²) in [5, 5.41) is 10.8. The quantitative estimate of drug-likeness (QED) is 0.426. The molecule has 1 N–H and O–H groups in total. The Hall–Kier alpha value is -0.820. The number of hydrogen-bond donors (Lipinski definition) is 1. The predicted octanol–water partition coefficient (Wildman–Crippen LogP) is 9.21. The van der Waals surface area contributed by atoms with Crippen LogP contribution in [0.2, 0.25) is 0 Å². The van der Waals surface area contributed by atoms with Crippen molar-refractivity contribution in [2.45, 2.75) is 117 Å². The van der Waals surface area contributed by atoms with Crippen molar-refractivity contribution in [3.63, 3.8) is 0 Å². The average Bonchev–Trinajstić information content (AvgIpc) is 3.21. The second-order valence-electron chi connectivity index (χ2n) is 13.9. The Bertz CT molecular complexity index is 802. The van der Waals surface area contributed by atoms with Crippen molar-refractivity contribution in [1.82, 2.24) is 0 Å². The number of benzene rings is 1. The van der Waals surface area contributed by atoms with Crippen LogP contribution in [0.4, 0.5) is 0 Å². The summed E-state index contributed by atoms with van der Waals surface area (Å²) in [6, 6.07) is 10.3. The van der Waals surface area contributed by atoms with Gasteiger partial charge in [-0.15, -0.1) is 0 Å². The summed E-state index contributed by atoms with van der Waals surface area (Å²) in [5.41, 5.74) is 2.34. The second kappa shape index (κ2) is 9.91. The van der Waals surface area contributed by atoms with E-state index in [4.69, 9.17) is 0 Å². The highest BCUT2D eigenvalue weighted by atomic mass is 16.3. The van der Waals surface area contributed by atoms with Gasteiger partial charge in [-0.25, -0.2) is 0 Å². The highest BCUT2D eigenvalue weighted by Crippen LogP contribution is 2.68. The van der Waals surface area contributed by atoms with Crippen LogP contribution in [-0.2, 0) is 0 Å². The maximum Gasteiger partial charge on any atom is 0.0815 e. The molecular formula is C33H52O. The molecule has 1 aromatic carbocycles. The molecule has 1 aromatic rings. The molecule has 0 amide bonds. The van der Waals surface area contributed by atoms with Gasteiger partial charge < -0.3 is 5.11 Å². The van der Waals surface area contributed by atoms with Gasteiger partial charge in [0.2, 0.25) is 0 Å². The fourth-order valence-corrected chi connectivity index (χ4v) is 10.4. The molecule has 34 heavy (non-hydrogen) atoms. The first-order valence-electron chi connectivity index (χ1n) is 15.1. The highest BCUT2D eigenvalue weighted by molar-refractivity contribution is 5.17. The van der Waals surface area contributed by atoms with Crippen molar-refractivity contribution < 1.29 is 5.11 Å². The number of aliphatic hydroxyl groups is 1. The van der Waals surface area contributed by atoms with E-state index in [9.17, 15) is 5.11 Å². The average molecular weight is 465 g/mol. The molecule has 1 nitrogen and oxygen atoms in total. The van der Waals surface area contributed by atoms with Gasteiger partial charge in [-0.2, -0.15) is 0 Å². The lowest BCUT2D eigenvalue weighted by Gasteiger charge is -2.61. The highest BCUT2D eigenvalue weighted by Gasteiger charge is 2.60. The van der Waals surface area contributed by atoms with Gasteiger partial charge >= 0.3 is 0 Å². The Morgan fingerprint density at radius 2 is 1.59 bits per heavy atom. The van der Waals surface area contributed by atoms with Gasteiger partial charge in [0, 0.05) is 0 Å². The van der Waals surface area contributed by atoms with E-state index in [0.29, 0.717) is 16.7 Å². The molecule has 190 valence electrons. The summed E-state index contributed by atoms with van der Waals surface area (Å²) in [6.07, 6.45) is 18.5. The van der Waals surface area contributed by atoms with Crippen LogP contribution in [0.1, 0.15) is 123 Å². The van der Waals surface area contributed by atoms with E-state index in [0.717, 1.165) is 47.5 Å². The van der Waals surface area contributed by atoms with Crippen LogP contribution in [0.3, 0.4) is 0 Å². The standard InChI is InChI=1S/C33H52O/c1-23(11-10-12-24(2)31(34)25-13-6-5-7-14-25)28-18-19-29-27-17-16-26-15-8-9-21-32(26,3)30(27)20-22-33(28,29)4/h5-7,13-14,23-24,26-31,34H,8-12,15-22H2,1-4H3/t23-,24?,26?,27+,28-,29+,30+,31?,32+,33-/m1/s1. The summed E-state index contributed by atoms with van der Waals surface area (Å²) < 4.78 is 0. The molecule has 0 saturated heterocycles. The van der Waals surface area contributed by atoms with E-state index in [2.05, 4.69) is 39.8 Å². The SMILES string of the molecule is CC(CCC[C@@H](C)[C@H]1CC[C@H]2[C@@H]3CCC4CCCC[C@]4(C)[C@H]3CC[C@]12C)C(O)c1ccccc1. The van der Waals surface area contributed by atoms with E-state index in [1.54, 1.807) is 6.42 Å². The van der Waals surface area contributed by atoms with Gasteiger partial charge in [0.25, 0.3) is 0 Å². The van der Waals surface area contributed by atoms with Crippen molar-refractivity contribution in [3.05, 3.63) is 35.9 Å². The van der Waals surface area contributed by atoms with Gasteiger partial charge in [0.15, 0.2) is 0 Å². The lowest BCUT2D eigenvalue weighted by Crippen LogP contribution is -2.53. The molecule has 0 aliphatic heterocycles. The molecule has 0 bridgehead atoms. The second-order valence-corrected chi connectivity index (χ2v) is 13.9. The van der Waals surface area contributed by atoms with Crippen molar-refractivity contribution in [3.8, 4) is 0 Å². The largest absolute Gasteiger partial charge is 0.388 e. The van der Waals surface area contributed by atoms with Crippen LogP contribution in [-0.4, -0.2) is 5.11 Å². The van der Waals surface area contributed by atoms with E-state index in [-0.39, 0.29) is 6.10 Å². The van der Waals surface area contributed by atoms with Crippen LogP contribution in [0.15, 0.2) is 30.3 Å². The number of aliphatic hydroxyl groups excluding tert-OH is 1. The fourth-order valence-electron chi connectivity index (χ4n) is 10.4. The van der Waals surface area contributed by atoms with E-state index in [1.165, 1.54) is 70.6 Å². The molecule has 4 aliphatic carbocycles. The van der Waals surface area contributed by atoms with Crippen molar-refractivity contribution in [2.75, 3.05) is 0 Å².